The van der Waals surface area contributed by atoms with Crippen molar-refractivity contribution in [2.75, 3.05) is 18.0 Å². The minimum Gasteiger partial charge on any atom is -0.369 e. The van der Waals surface area contributed by atoms with Crippen molar-refractivity contribution in [2.24, 2.45) is 0 Å². The zero-order valence-electron chi connectivity index (χ0n) is 10.6. The molecule has 7 heteroatoms. The lowest BCUT2D eigenvalue weighted by Crippen LogP contribution is -2.30. The molecule has 112 valence electrons. The van der Waals surface area contributed by atoms with Crippen LogP contribution in [-0.4, -0.2) is 25.6 Å². The number of rotatable bonds is 1. The number of carbonyl (C=O) groups is 1. The highest BCUT2D eigenvalue weighted by Crippen LogP contribution is 2.24. The first-order valence-electron chi connectivity index (χ1n) is 6.07. The maximum Gasteiger partial charge on any atom is 0.446 e. The second-order valence-corrected chi connectivity index (χ2v) is 4.28. The molecule has 0 N–H and O–H groups in total. The van der Waals surface area contributed by atoms with Gasteiger partial charge in [-0.1, -0.05) is 6.07 Å². The van der Waals surface area contributed by atoms with E-state index >= 15 is 0 Å². The van der Waals surface area contributed by atoms with Crippen LogP contribution in [-0.2, 0) is 4.79 Å². The van der Waals surface area contributed by atoms with Gasteiger partial charge in [0.05, 0.1) is 5.69 Å². The molecule has 1 saturated heterocycles. The standard InChI is InChI=1S/C11H13F2N.C2HF3O/c12-9-5-4-6-10(11(9)13)14-7-2-1-3-8-14;3-2(4,5)1-6/h4-6H,1-3,7-8H2;1H. The minimum atomic E-state index is -4.64. The van der Waals surface area contributed by atoms with Crippen molar-refractivity contribution >= 4 is 12.0 Å². The fourth-order valence-corrected chi connectivity index (χ4v) is 1.87. The fraction of sp³-hybridized carbons (Fsp3) is 0.462. The van der Waals surface area contributed by atoms with Gasteiger partial charge in [0.1, 0.15) is 0 Å². The van der Waals surface area contributed by atoms with Crippen LogP contribution in [0.3, 0.4) is 0 Å². The molecule has 0 unspecified atom stereocenters. The van der Waals surface area contributed by atoms with Crippen LogP contribution in [0.1, 0.15) is 19.3 Å². The Morgan fingerprint density at radius 2 is 1.60 bits per heavy atom. The predicted molar refractivity (Wildman–Crippen MR) is 64.5 cm³/mol. The van der Waals surface area contributed by atoms with Crippen molar-refractivity contribution in [3.8, 4) is 0 Å². The number of piperidine rings is 1. The maximum atomic E-state index is 13.4. The normalized spacial score (nSPS) is 15.3. The molecule has 0 atom stereocenters. The first-order chi connectivity index (χ1) is 9.35. The van der Waals surface area contributed by atoms with E-state index in [0.717, 1.165) is 32.0 Å². The van der Waals surface area contributed by atoms with E-state index in [0.29, 0.717) is 5.69 Å². The van der Waals surface area contributed by atoms with Crippen molar-refractivity contribution < 1.29 is 26.7 Å². The summed E-state index contributed by atoms with van der Waals surface area (Å²) in [4.78, 5) is 10.6. The van der Waals surface area contributed by atoms with E-state index in [2.05, 4.69) is 0 Å². The molecule has 1 aromatic carbocycles. The number of aldehydes is 1. The van der Waals surface area contributed by atoms with Gasteiger partial charge in [-0.2, -0.15) is 13.2 Å². The molecule has 1 aliphatic rings. The number of nitrogens with zero attached hydrogens (tertiary/aromatic N) is 1. The molecule has 1 aliphatic heterocycles. The van der Waals surface area contributed by atoms with E-state index in [4.69, 9.17) is 4.79 Å². The van der Waals surface area contributed by atoms with E-state index in [-0.39, 0.29) is 0 Å². The Hall–Kier alpha value is -1.66. The summed E-state index contributed by atoms with van der Waals surface area (Å²) in [6, 6.07) is 4.36. The number of anilines is 1. The van der Waals surface area contributed by atoms with Crippen LogP contribution >= 0.6 is 0 Å². The van der Waals surface area contributed by atoms with Crippen LogP contribution in [0, 0.1) is 11.6 Å². The van der Waals surface area contributed by atoms with Crippen molar-refractivity contribution in [3.63, 3.8) is 0 Å². The third-order valence-electron chi connectivity index (χ3n) is 2.76. The van der Waals surface area contributed by atoms with Gasteiger partial charge < -0.3 is 4.90 Å². The smallest absolute Gasteiger partial charge is 0.369 e. The maximum absolute atomic E-state index is 13.4. The Kier molecular flexibility index (Phi) is 5.91. The molecular formula is C13H14F5NO. The first kappa shape index (κ1) is 16.4. The van der Waals surface area contributed by atoms with E-state index < -0.39 is 24.1 Å². The monoisotopic (exact) mass is 295 g/mol. The lowest BCUT2D eigenvalue weighted by atomic mass is 10.1. The van der Waals surface area contributed by atoms with Crippen LogP contribution in [0.2, 0.25) is 0 Å². The molecule has 1 fully saturated rings. The van der Waals surface area contributed by atoms with Crippen molar-refractivity contribution in [1.82, 2.24) is 0 Å². The van der Waals surface area contributed by atoms with Gasteiger partial charge >= 0.3 is 6.18 Å². The second-order valence-electron chi connectivity index (χ2n) is 4.28. The molecule has 1 heterocycles. The van der Waals surface area contributed by atoms with Crippen LogP contribution in [0.25, 0.3) is 0 Å². The number of hydrogen-bond acceptors (Lipinski definition) is 2. The molecule has 0 aromatic heterocycles. The summed E-state index contributed by atoms with van der Waals surface area (Å²) in [6.45, 7) is 1.67. The lowest BCUT2D eigenvalue weighted by Gasteiger charge is -2.29. The summed E-state index contributed by atoms with van der Waals surface area (Å²) in [5, 5.41) is 0. The average molecular weight is 295 g/mol. The van der Waals surface area contributed by atoms with Gasteiger partial charge in [0.15, 0.2) is 11.6 Å². The highest BCUT2D eigenvalue weighted by molar-refractivity contribution is 5.56. The van der Waals surface area contributed by atoms with Gasteiger partial charge in [0.2, 0.25) is 6.29 Å². The van der Waals surface area contributed by atoms with E-state index in [1.807, 2.05) is 4.90 Å². The Labute approximate surface area is 113 Å². The second kappa shape index (κ2) is 7.21. The highest BCUT2D eigenvalue weighted by atomic mass is 19.4. The lowest BCUT2D eigenvalue weighted by molar-refractivity contribution is -0.156. The number of hydrogen-bond donors (Lipinski definition) is 0. The summed E-state index contributed by atoms with van der Waals surface area (Å²) in [7, 11) is 0. The van der Waals surface area contributed by atoms with Crippen LogP contribution < -0.4 is 4.90 Å². The van der Waals surface area contributed by atoms with Crippen LogP contribution in [0.4, 0.5) is 27.6 Å². The molecule has 0 saturated carbocycles. The van der Waals surface area contributed by atoms with Gasteiger partial charge in [-0.05, 0) is 31.4 Å². The van der Waals surface area contributed by atoms with E-state index in [1.165, 1.54) is 6.42 Å². The van der Waals surface area contributed by atoms with Gasteiger partial charge in [0.25, 0.3) is 0 Å². The third-order valence-corrected chi connectivity index (χ3v) is 2.76. The minimum absolute atomic E-state index is 0.407. The highest BCUT2D eigenvalue weighted by Gasteiger charge is 2.24. The molecule has 0 amide bonds. The Morgan fingerprint density at radius 1 is 1.05 bits per heavy atom. The first-order valence-corrected chi connectivity index (χ1v) is 6.07. The molecule has 20 heavy (non-hydrogen) atoms. The number of benzene rings is 1. The largest absolute Gasteiger partial charge is 0.446 e. The molecule has 0 bridgehead atoms. The Morgan fingerprint density at radius 3 is 2.10 bits per heavy atom. The van der Waals surface area contributed by atoms with E-state index in [1.54, 1.807) is 12.1 Å². The van der Waals surface area contributed by atoms with Crippen LogP contribution in [0.5, 0.6) is 0 Å². The summed E-state index contributed by atoms with van der Waals surface area (Å²) in [6.07, 6.45) is -2.38. The summed E-state index contributed by atoms with van der Waals surface area (Å²) >= 11 is 0. The van der Waals surface area contributed by atoms with Gasteiger partial charge in [-0.15, -0.1) is 0 Å². The quantitative estimate of drug-likeness (QED) is 0.581. The van der Waals surface area contributed by atoms with Crippen molar-refractivity contribution in [2.45, 2.75) is 25.4 Å². The molecule has 0 aliphatic carbocycles. The SMILES string of the molecule is Fc1cccc(N2CCCCC2)c1F.O=CC(F)(F)F. The summed E-state index contributed by atoms with van der Waals surface area (Å²) in [5.41, 5.74) is 0.407. The number of carbonyl (C=O) groups excluding carboxylic acids is 1. The molecule has 2 rings (SSSR count). The van der Waals surface area contributed by atoms with E-state index in [9.17, 15) is 22.0 Å². The Bertz CT molecular complexity index is 441. The zero-order valence-corrected chi connectivity index (χ0v) is 10.6. The zero-order chi connectivity index (χ0) is 15.2. The molecule has 0 radical (unpaired) electrons. The molecule has 0 spiro atoms. The topological polar surface area (TPSA) is 20.3 Å². The Balaban J connectivity index is 0.000000286. The fourth-order valence-electron chi connectivity index (χ4n) is 1.87. The molecule has 1 aromatic rings. The third kappa shape index (κ3) is 5.14. The van der Waals surface area contributed by atoms with Gasteiger partial charge in [-0.25, -0.2) is 8.78 Å². The summed E-state index contributed by atoms with van der Waals surface area (Å²) < 4.78 is 57.6. The van der Waals surface area contributed by atoms with Crippen molar-refractivity contribution in [3.05, 3.63) is 29.8 Å². The predicted octanol–water partition coefficient (Wildman–Crippen LogP) is 3.70. The van der Waals surface area contributed by atoms with Gasteiger partial charge in [-0.3, -0.25) is 4.79 Å². The molecular weight excluding hydrogens is 281 g/mol. The van der Waals surface area contributed by atoms with Crippen molar-refractivity contribution in [1.29, 1.82) is 0 Å². The number of alkyl halides is 3. The average Bonchev–Trinajstić information content (AvgIpc) is 2.43. The molecule has 2 nitrogen and oxygen atoms in total. The van der Waals surface area contributed by atoms with Gasteiger partial charge in [0, 0.05) is 13.1 Å². The summed E-state index contributed by atoms with van der Waals surface area (Å²) in [5.74, 6) is -1.47. The number of halogens is 5. The van der Waals surface area contributed by atoms with Crippen LogP contribution in [0.15, 0.2) is 18.2 Å².